The summed E-state index contributed by atoms with van der Waals surface area (Å²) in [6.45, 7) is 0.994. The van der Waals surface area contributed by atoms with Gasteiger partial charge in [-0.1, -0.05) is 24.3 Å². The fraction of sp³-hybridized carbons (Fsp3) is 0.476. The summed E-state index contributed by atoms with van der Waals surface area (Å²) in [5.74, 6) is 3.22. The van der Waals surface area contributed by atoms with Crippen LogP contribution in [0.3, 0.4) is 0 Å². The molecule has 0 aliphatic heterocycles. The van der Waals surface area contributed by atoms with Crippen molar-refractivity contribution in [2.24, 2.45) is 5.92 Å². The number of aromatic nitrogens is 4. The highest BCUT2D eigenvalue weighted by Gasteiger charge is 2.55. The minimum absolute atomic E-state index is 0.418. The first-order valence-electron chi connectivity index (χ1n) is 9.88. The molecule has 132 valence electrons. The molecule has 1 spiro atoms. The third-order valence-electron chi connectivity index (χ3n) is 6.61. The molecule has 0 saturated heterocycles. The Labute approximate surface area is 152 Å². The predicted molar refractivity (Wildman–Crippen MR) is 100 cm³/mol. The Morgan fingerprint density at radius 3 is 2.96 bits per heavy atom. The van der Waals surface area contributed by atoms with Crippen molar-refractivity contribution in [1.29, 1.82) is 0 Å². The van der Waals surface area contributed by atoms with Gasteiger partial charge in [0.25, 0.3) is 0 Å². The van der Waals surface area contributed by atoms with E-state index < -0.39 is 0 Å². The molecular formula is C21H23N5. The first kappa shape index (κ1) is 14.7. The van der Waals surface area contributed by atoms with Crippen molar-refractivity contribution in [2.45, 2.75) is 49.9 Å². The van der Waals surface area contributed by atoms with Crippen molar-refractivity contribution in [2.75, 3.05) is 11.9 Å². The molecule has 3 aromatic rings. The Kier molecular flexibility index (Phi) is 2.99. The lowest BCUT2D eigenvalue weighted by atomic mass is 9.78. The van der Waals surface area contributed by atoms with E-state index in [9.17, 15) is 0 Å². The van der Waals surface area contributed by atoms with Gasteiger partial charge in [0.2, 0.25) is 0 Å². The Morgan fingerprint density at radius 1 is 1.12 bits per heavy atom. The number of nitrogens with zero attached hydrogens (tertiary/aromatic N) is 4. The van der Waals surface area contributed by atoms with E-state index in [2.05, 4.69) is 39.8 Å². The topological polar surface area (TPSA) is 55.1 Å². The Morgan fingerprint density at radius 2 is 2.04 bits per heavy atom. The second-order valence-electron chi connectivity index (χ2n) is 8.27. The number of anilines is 1. The normalized spacial score (nSPS) is 26.8. The molecular weight excluding hydrogens is 322 g/mol. The lowest BCUT2D eigenvalue weighted by Crippen LogP contribution is -2.21. The second kappa shape index (κ2) is 5.29. The van der Waals surface area contributed by atoms with Gasteiger partial charge in [-0.2, -0.15) is 4.52 Å². The Balaban J connectivity index is 1.22. The van der Waals surface area contributed by atoms with Crippen LogP contribution in [0.1, 0.15) is 55.0 Å². The second-order valence-corrected chi connectivity index (χ2v) is 8.27. The number of nitrogens with one attached hydrogen (secondary N) is 1. The highest BCUT2D eigenvalue weighted by atomic mass is 15.4. The van der Waals surface area contributed by atoms with Crippen molar-refractivity contribution < 1.29 is 0 Å². The number of hydrogen-bond donors (Lipinski definition) is 1. The molecule has 3 aliphatic carbocycles. The SMILES string of the molecule is c1ccc2c(c1)CCCC21CC1CNc1ccc2nnc(C3CC3)n2n1. The molecule has 3 aliphatic rings. The molecule has 2 unspecified atom stereocenters. The summed E-state index contributed by atoms with van der Waals surface area (Å²) in [7, 11) is 0. The zero-order valence-corrected chi connectivity index (χ0v) is 14.9. The third-order valence-corrected chi connectivity index (χ3v) is 6.61. The van der Waals surface area contributed by atoms with E-state index in [1.165, 1.54) is 38.5 Å². The average molecular weight is 345 g/mol. The summed E-state index contributed by atoms with van der Waals surface area (Å²) < 4.78 is 1.93. The van der Waals surface area contributed by atoms with E-state index in [0.29, 0.717) is 17.3 Å². The lowest BCUT2D eigenvalue weighted by molar-refractivity contribution is 0.503. The maximum Gasteiger partial charge on any atom is 0.178 e. The smallest absolute Gasteiger partial charge is 0.178 e. The summed E-state index contributed by atoms with van der Waals surface area (Å²) in [6.07, 6.45) is 7.63. The van der Waals surface area contributed by atoms with Crippen molar-refractivity contribution >= 4 is 11.5 Å². The molecule has 5 heteroatoms. The van der Waals surface area contributed by atoms with Gasteiger partial charge in [-0.25, -0.2) is 0 Å². The van der Waals surface area contributed by atoms with Crippen LogP contribution < -0.4 is 5.32 Å². The maximum absolute atomic E-state index is 4.75. The van der Waals surface area contributed by atoms with Crippen LogP contribution in [-0.4, -0.2) is 26.4 Å². The van der Waals surface area contributed by atoms with Crippen molar-refractivity contribution in [3.05, 3.63) is 53.3 Å². The summed E-state index contributed by atoms with van der Waals surface area (Å²) >= 11 is 0. The van der Waals surface area contributed by atoms with E-state index in [-0.39, 0.29) is 0 Å². The quantitative estimate of drug-likeness (QED) is 0.783. The van der Waals surface area contributed by atoms with Gasteiger partial charge in [0, 0.05) is 17.9 Å². The van der Waals surface area contributed by atoms with Gasteiger partial charge < -0.3 is 5.32 Å². The first-order chi connectivity index (χ1) is 12.8. The summed E-state index contributed by atoms with van der Waals surface area (Å²) in [5, 5.41) is 16.9. The first-order valence-corrected chi connectivity index (χ1v) is 9.88. The summed E-state index contributed by atoms with van der Waals surface area (Å²) in [6, 6.07) is 13.1. The molecule has 0 bridgehead atoms. The van der Waals surface area contributed by atoms with E-state index >= 15 is 0 Å². The predicted octanol–water partition coefficient (Wildman–Crippen LogP) is 3.71. The highest BCUT2D eigenvalue weighted by Crippen LogP contribution is 2.60. The lowest BCUT2D eigenvalue weighted by Gasteiger charge is -2.26. The zero-order chi connectivity index (χ0) is 17.1. The van der Waals surface area contributed by atoms with Crippen molar-refractivity contribution in [3.8, 4) is 0 Å². The van der Waals surface area contributed by atoms with E-state index in [4.69, 9.17) is 5.10 Å². The van der Waals surface area contributed by atoms with Crippen LogP contribution in [0.15, 0.2) is 36.4 Å². The number of benzene rings is 1. The standard InChI is InChI=1S/C21H23N5/c1-2-6-17-14(4-1)5-3-11-21(17)12-16(21)13-22-18-9-10-19-23-24-20(15-7-8-15)26(19)25-18/h1-2,4,6,9-10,15-16H,3,5,7-8,11-13H2,(H,22,25). The van der Waals surface area contributed by atoms with Gasteiger partial charge >= 0.3 is 0 Å². The molecule has 0 radical (unpaired) electrons. The third kappa shape index (κ3) is 2.19. The van der Waals surface area contributed by atoms with E-state index in [1.54, 1.807) is 11.1 Å². The maximum atomic E-state index is 4.75. The van der Waals surface area contributed by atoms with Gasteiger partial charge in [0.1, 0.15) is 5.82 Å². The van der Waals surface area contributed by atoms with Crippen LogP contribution in [-0.2, 0) is 11.8 Å². The van der Waals surface area contributed by atoms with Crippen LogP contribution in [0.2, 0.25) is 0 Å². The molecule has 1 aromatic carbocycles. The number of aryl methyl sites for hydroxylation is 1. The largest absolute Gasteiger partial charge is 0.368 e. The van der Waals surface area contributed by atoms with Crippen molar-refractivity contribution in [3.63, 3.8) is 0 Å². The van der Waals surface area contributed by atoms with Gasteiger partial charge in [-0.3, -0.25) is 0 Å². The molecule has 0 amide bonds. The molecule has 2 aromatic heterocycles. The minimum Gasteiger partial charge on any atom is -0.368 e. The van der Waals surface area contributed by atoms with Gasteiger partial charge in [-0.15, -0.1) is 15.3 Å². The Hall–Kier alpha value is -2.43. The molecule has 2 saturated carbocycles. The molecule has 2 atom stereocenters. The van der Waals surface area contributed by atoms with Crippen LogP contribution in [0, 0.1) is 5.92 Å². The monoisotopic (exact) mass is 345 g/mol. The van der Waals surface area contributed by atoms with Gasteiger partial charge in [0.05, 0.1) is 0 Å². The van der Waals surface area contributed by atoms with Gasteiger partial charge in [-0.05, 0) is 67.7 Å². The number of hydrogen-bond acceptors (Lipinski definition) is 4. The minimum atomic E-state index is 0.418. The highest BCUT2D eigenvalue weighted by molar-refractivity contribution is 5.46. The van der Waals surface area contributed by atoms with Crippen molar-refractivity contribution in [1.82, 2.24) is 19.8 Å². The van der Waals surface area contributed by atoms with Crippen LogP contribution in [0.5, 0.6) is 0 Å². The molecule has 6 rings (SSSR count). The van der Waals surface area contributed by atoms with E-state index in [0.717, 1.165) is 23.8 Å². The fourth-order valence-corrected chi connectivity index (χ4v) is 4.96. The molecule has 5 nitrogen and oxygen atoms in total. The van der Waals surface area contributed by atoms with Gasteiger partial charge in [0.15, 0.2) is 11.5 Å². The fourth-order valence-electron chi connectivity index (χ4n) is 4.96. The Bertz CT molecular complexity index is 989. The van der Waals surface area contributed by atoms with E-state index in [1.807, 2.05) is 16.6 Å². The molecule has 26 heavy (non-hydrogen) atoms. The average Bonchev–Trinajstić information content (AvgIpc) is 3.59. The molecule has 1 N–H and O–H groups in total. The zero-order valence-electron chi connectivity index (χ0n) is 14.9. The molecule has 2 heterocycles. The van der Waals surface area contributed by atoms with Crippen LogP contribution in [0.4, 0.5) is 5.82 Å². The summed E-state index contributed by atoms with van der Waals surface area (Å²) in [5.41, 5.74) is 4.44. The molecule has 2 fully saturated rings. The summed E-state index contributed by atoms with van der Waals surface area (Å²) in [4.78, 5) is 0. The van der Waals surface area contributed by atoms with Crippen LogP contribution >= 0.6 is 0 Å². The van der Waals surface area contributed by atoms with Crippen LogP contribution in [0.25, 0.3) is 5.65 Å². The number of fused-ring (bicyclic) bond motifs is 3. The number of rotatable bonds is 4.